The van der Waals surface area contributed by atoms with Crippen LogP contribution < -0.4 is 5.32 Å². The summed E-state index contributed by atoms with van der Waals surface area (Å²) in [6.45, 7) is 3.73. The maximum atomic E-state index is 10.5. The van der Waals surface area contributed by atoms with Crippen molar-refractivity contribution in [2.24, 2.45) is 0 Å². The largest absolute Gasteiger partial charge is 0.389 e. The van der Waals surface area contributed by atoms with Crippen LogP contribution in [-0.2, 0) is 13.8 Å². The Hall–Kier alpha value is -1.73. The zero-order valence-corrected chi connectivity index (χ0v) is 17.5. The predicted octanol–water partition coefficient (Wildman–Crippen LogP) is 0.372. The first-order valence-corrected chi connectivity index (χ1v) is 6.47. The third-order valence-electron chi connectivity index (χ3n) is 1.52. The Morgan fingerprint density at radius 3 is 2.76 bits per heavy atom. The Balaban J connectivity index is 0. The molecule has 0 bridgehead atoms. The van der Waals surface area contributed by atoms with Crippen molar-refractivity contribution in [2.75, 3.05) is 26.4 Å². The van der Waals surface area contributed by atoms with Gasteiger partial charge in [-0.15, -0.1) is 0 Å². The average molecular weight is 515 g/mol. The fourth-order valence-electron chi connectivity index (χ4n) is 0.769. The fraction of sp³-hybridized carbons (Fsp3) is 0.778. The van der Waals surface area contributed by atoms with Crippen LogP contribution in [0.3, 0.4) is 0 Å². The molecule has 2 atom stereocenters. The van der Waals surface area contributed by atoms with Crippen molar-refractivity contribution in [3.8, 4) is 6.07 Å². The second kappa shape index (κ2) is 10.8. The van der Waals surface area contributed by atoms with E-state index in [1.165, 1.54) is 6.92 Å². The van der Waals surface area contributed by atoms with Gasteiger partial charge in [0.25, 0.3) is 0 Å². The van der Waals surface area contributed by atoms with Crippen LogP contribution in [0.25, 0.3) is 0 Å². The van der Waals surface area contributed by atoms with Gasteiger partial charge in [-0.25, -0.2) is 0 Å². The van der Waals surface area contributed by atoms with E-state index >= 15 is 0 Å². The molecule has 0 radical (unpaired) electrons. The molecule has 0 aromatic carbocycles. The Morgan fingerprint density at radius 2 is 2.24 bits per heavy atom. The number of carbonyl (C=O) groups excluding carboxylic acids is 1. The molecule has 0 heterocycles. The van der Waals surface area contributed by atoms with Crippen LogP contribution in [-0.4, -0.2) is 43.5 Å². The number of nitriles is 1. The quantitative estimate of drug-likeness (QED) is 0.361. The zero-order valence-electron chi connectivity index (χ0n) is 10.2. The first kappa shape index (κ1) is 17.7. The van der Waals surface area contributed by atoms with Crippen LogP contribution in [0.5, 0.6) is 0 Å². The molecule has 8 heteroatoms. The third kappa shape index (κ3) is 12.2. The standard InChI is InChI=1S/C9H17N2O4P.Rf/c1-8(12)11-6-9(13)7-15-16(2)14-5-3-4-10;/h9,13H,3,5-7H2,1-2H3,(H,11,12);. The van der Waals surface area contributed by atoms with Crippen molar-refractivity contribution in [3.63, 3.8) is 0 Å². The van der Waals surface area contributed by atoms with Gasteiger partial charge in [0, 0.05) is 20.1 Å². The van der Waals surface area contributed by atoms with Crippen LogP contribution in [0.4, 0.5) is 0 Å². The maximum absolute atomic E-state index is 10.5. The van der Waals surface area contributed by atoms with E-state index in [-0.39, 0.29) is 19.1 Å². The minimum atomic E-state index is -1.07. The first-order valence-electron chi connectivity index (χ1n) is 4.85. The maximum Gasteiger partial charge on any atom is 0.216 e. The van der Waals surface area contributed by atoms with Crippen molar-refractivity contribution in [2.45, 2.75) is 19.4 Å². The molecule has 0 saturated carbocycles. The molecule has 0 fully saturated rings. The van der Waals surface area contributed by atoms with Gasteiger partial charge in [-0.3, -0.25) is 4.79 Å². The van der Waals surface area contributed by atoms with Gasteiger partial charge in [-0.1, -0.05) is 0 Å². The summed E-state index contributed by atoms with van der Waals surface area (Å²) in [6.07, 6.45) is -0.418. The number of carbonyl (C=O) groups is 1. The molecular formula is C9H17N2O4PRf. The first-order chi connectivity index (χ1) is 7.56. The number of nitrogens with zero attached hydrogens (tertiary/aromatic N) is 1. The van der Waals surface area contributed by atoms with Crippen molar-refractivity contribution in [1.29, 1.82) is 5.26 Å². The second-order valence-corrected chi connectivity index (χ2v) is 4.46. The molecule has 0 spiro atoms. The van der Waals surface area contributed by atoms with Crippen molar-refractivity contribution >= 4 is 14.3 Å². The predicted molar refractivity (Wildman–Crippen MR) is 59.7 cm³/mol. The van der Waals surface area contributed by atoms with Crippen LogP contribution in [0.15, 0.2) is 0 Å². The number of hydrogen-bond acceptors (Lipinski definition) is 5. The summed E-state index contributed by atoms with van der Waals surface area (Å²) in [4.78, 5) is 10.5. The summed E-state index contributed by atoms with van der Waals surface area (Å²) in [5, 5.41) is 20.1. The molecule has 0 rings (SSSR count). The SMILES string of the molecule is CC(=O)NCC(O)COP(C)OCCC#N.[Rf]. The van der Waals surface area contributed by atoms with E-state index in [1.54, 1.807) is 6.66 Å². The molecular weight excluding hydrogens is 498 g/mol. The van der Waals surface area contributed by atoms with E-state index in [9.17, 15) is 9.90 Å². The molecule has 0 aromatic rings. The molecule has 94 valence electrons. The van der Waals surface area contributed by atoms with E-state index in [0.717, 1.165) is 0 Å². The zero-order chi connectivity index (χ0) is 12.4. The van der Waals surface area contributed by atoms with Crippen LogP contribution in [0, 0.1) is 11.3 Å². The van der Waals surface area contributed by atoms with E-state index in [0.29, 0.717) is 13.0 Å². The number of aliphatic hydroxyl groups excluding tert-OH is 1. The Bertz CT molecular complexity index is 250. The van der Waals surface area contributed by atoms with E-state index in [4.69, 9.17) is 14.3 Å². The minimum Gasteiger partial charge on any atom is -0.389 e. The Kier molecular flexibility index (Phi) is 11.2. The van der Waals surface area contributed by atoms with Crippen molar-refractivity contribution < 1.29 is 18.9 Å². The number of hydrogen-bond donors (Lipinski definition) is 2. The van der Waals surface area contributed by atoms with Crippen molar-refractivity contribution in [1.82, 2.24) is 5.32 Å². The smallest absolute Gasteiger partial charge is 0.216 e. The van der Waals surface area contributed by atoms with Crippen molar-refractivity contribution in [3.05, 3.63) is 0 Å². The monoisotopic (exact) mass is 515 g/mol. The summed E-state index contributed by atoms with van der Waals surface area (Å²) in [5.41, 5.74) is 0. The fourth-order valence-corrected chi connectivity index (χ4v) is 1.57. The molecule has 0 aliphatic heterocycles. The van der Waals surface area contributed by atoms with E-state index in [1.807, 2.05) is 6.07 Å². The Morgan fingerprint density at radius 1 is 1.59 bits per heavy atom. The summed E-state index contributed by atoms with van der Waals surface area (Å²) >= 11 is 0. The molecule has 0 aromatic heterocycles. The van der Waals surface area contributed by atoms with Crippen LogP contribution in [0.2, 0.25) is 0 Å². The van der Waals surface area contributed by atoms with E-state index in [2.05, 4.69) is 5.32 Å². The van der Waals surface area contributed by atoms with Crippen LogP contribution in [0.1, 0.15) is 13.3 Å². The van der Waals surface area contributed by atoms with Gasteiger partial charge in [-0.05, 0) is 0 Å². The molecule has 0 saturated heterocycles. The molecule has 6 nitrogen and oxygen atoms in total. The second-order valence-electron chi connectivity index (χ2n) is 3.07. The third-order valence-corrected chi connectivity index (χ3v) is 2.58. The van der Waals surface area contributed by atoms with Gasteiger partial charge >= 0.3 is 0 Å². The Labute approximate surface area is 96.5 Å². The molecule has 1 amide bonds. The van der Waals surface area contributed by atoms with Gasteiger partial charge in [-0.2, -0.15) is 5.26 Å². The summed E-state index contributed by atoms with van der Waals surface area (Å²) in [6, 6.07) is 1.95. The van der Waals surface area contributed by atoms with Gasteiger partial charge < -0.3 is 19.5 Å². The van der Waals surface area contributed by atoms with Gasteiger partial charge in [0.1, 0.15) is 0 Å². The number of amides is 1. The van der Waals surface area contributed by atoms with Gasteiger partial charge in [0.2, 0.25) is 5.91 Å². The number of nitrogens with one attached hydrogen (secondary N) is 1. The molecule has 2 unspecified atom stereocenters. The average Bonchev–Trinajstić information content (AvgIpc) is 2.24. The van der Waals surface area contributed by atoms with Crippen LogP contribution >= 0.6 is 8.38 Å². The summed E-state index contributed by atoms with van der Waals surface area (Å²) in [5.74, 6) is -0.192. The number of aliphatic hydroxyl groups is 1. The number of rotatable bonds is 8. The molecule has 0 aliphatic carbocycles. The molecule has 2 N–H and O–H groups in total. The molecule has 0 aliphatic rings. The van der Waals surface area contributed by atoms with E-state index < -0.39 is 14.5 Å². The summed E-state index contributed by atoms with van der Waals surface area (Å²) < 4.78 is 10.4. The summed E-state index contributed by atoms with van der Waals surface area (Å²) in [7, 11) is -1.07. The minimum absolute atomic E-state index is 0. The topological polar surface area (TPSA) is 91.6 Å². The van der Waals surface area contributed by atoms with Gasteiger partial charge in [0.15, 0.2) is 8.38 Å². The molecule has 17 heavy (non-hydrogen) atoms. The van der Waals surface area contributed by atoms with Gasteiger partial charge in [0.05, 0.1) is 31.8 Å². The normalized spacial score (nSPS) is 13.1.